The zero-order valence-electron chi connectivity index (χ0n) is 13.1. The number of carbonyl (C=O) groups is 2. The van der Waals surface area contributed by atoms with E-state index >= 15 is 0 Å². The van der Waals surface area contributed by atoms with Crippen molar-refractivity contribution >= 4 is 58.6 Å². The molecule has 2 aromatic rings. The second kappa shape index (κ2) is 8.74. The maximum Gasteiger partial charge on any atom is 0.274 e. The fourth-order valence-electron chi connectivity index (χ4n) is 1.45. The predicted octanol–water partition coefficient (Wildman–Crippen LogP) is 2.01. The van der Waals surface area contributed by atoms with Crippen LogP contribution in [0.15, 0.2) is 20.6 Å². The largest absolute Gasteiger partial charge is 0.281 e. The van der Waals surface area contributed by atoms with Crippen molar-refractivity contribution in [1.29, 1.82) is 0 Å². The molecular weight excluding hydrogens is 388 g/mol. The third kappa shape index (κ3) is 4.43. The molecule has 0 fully saturated rings. The zero-order valence-corrected chi connectivity index (χ0v) is 16.4. The Morgan fingerprint density at radius 2 is 0.792 bits per heavy atom. The number of carbonyl (C=O) groups excluding carboxylic acids is 2. The third-order valence-electron chi connectivity index (χ3n) is 2.53. The maximum absolute atomic E-state index is 12.4. The second-order valence-electron chi connectivity index (χ2n) is 3.92. The predicted molar refractivity (Wildman–Crippen MR) is 95.4 cm³/mol. The summed E-state index contributed by atoms with van der Waals surface area (Å²) in [5.74, 6) is -2.15. The second-order valence-corrected chi connectivity index (χ2v) is 7.02. The Hall–Kier alpha value is -1.24. The third-order valence-corrected chi connectivity index (χ3v) is 4.72. The van der Waals surface area contributed by atoms with Crippen LogP contribution in [-0.4, -0.2) is 66.5 Å². The Bertz CT molecular complexity index is 678. The fraction of sp³-hybridized carbons (Fsp3) is 0.333. The summed E-state index contributed by atoms with van der Waals surface area (Å²) in [7, 11) is 0. The minimum absolute atomic E-state index is 0.208. The first-order valence-corrected chi connectivity index (χ1v) is 11.2. The van der Waals surface area contributed by atoms with Gasteiger partial charge in [0.25, 0.3) is 11.6 Å². The van der Waals surface area contributed by atoms with Crippen molar-refractivity contribution in [3.05, 3.63) is 11.6 Å². The highest BCUT2D eigenvalue weighted by molar-refractivity contribution is 7.99. The Morgan fingerprint density at radius 1 is 0.542 bits per heavy atom. The van der Waals surface area contributed by atoms with Crippen LogP contribution in [0.1, 0.15) is 21.2 Å². The fourth-order valence-corrected chi connectivity index (χ4v) is 2.98. The van der Waals surface area contributed by atoms with E-state index in [-0.39, 0.29) is 11.6 Å². The number of ketones is 2. The molecule has 12 heteroatoms. The van der Waals surface area contributed by atoms with Gasteiger partial charge >= 0.3 is 0 Å². The molecule has 0 radical (unpaired) electrons. The first kappa shape index (κ1) is 19.1. The van der Waals surface area contributed by atoms with Crippen LogP contribution in [0.5, 0.6) is 0 Å². The average molecular weight is 401 g/mol. The number of aromatic nitrogens is 6. The Morgan fingerprint density at radius 3 is 1.00 bits per heavy atom. The SMILES string of the molecule is CSc1nc(SC)nc(C(=O)C(=O)c2nc(SC)nc(SC)n2)n1. The molecule has 24 heavy (non-hydrogen) atoms. The van der Waals surface area contributed by atoms with Crippen molar-refractivity contribution < 1.29 is 9.59 Å². The summed E-state index contributed by atoms with van der Waals surface area (Å²) in [6.45, 7) is 0. The van der Waals surface area contributed by atoms with E-state index in [0.29, 0.717) is 20.6 Å². The van der Waals surface area contributed by atoms with Gasteiger partial charge in [0.05, 0.1) is 0 Å². The molecule has 0 aliphatic carbocycles. The van der Waals surface area contributed by atoms with E-state index in [4.69, 9.17) is 0 Å². The highest BCUT2D eigenvalue weighted by Crippen LogP contribution is 2.17. The van der Waals surface area contributed by atoms with Gasteiger partial charge in [-0.1, -0.05) is 47.0 Å². The van der Waals surface area contributed by atoms with E-state index in [1.165, 1.54) is 47.0 Å². The molecule has 0 N–H and O–H groups in total. The number of hydrogen-bond donors (Lipinski definition) is 0. The quantitative estimate of drug-likeness (QED) is 0.385. The summed E-state index contributed by atoms with van der Waals surface area (Å²) >= 11 is 5.05. The van der Waals surface area contributed by atoms with Crippen molar-refractivity contribution in [2.24, 2.45) is 0 Å². The minimum Gasteiger partial charge on any atom is -0.281 e. The molecule has 2 heterocycles. The Kier molecular flexibility index (Phi) is 6.95. The smallest absolute Gasteiger partial charge is 0.274 e. The van der Waals surface area contributed by atoms with Crippen LogP contribution in [0.4, 0.5) is 0 Å². The molecular formula is C12H12N6O2S4. The zero-order chi connectivity index (χ0) is 17.7. The summed E-state index contributed by atoms with van der Waals surface area (Å²) in [4.78, 5) is 49.2. The highest BCUT2D eigenvalue weighted by Gasteiger charge is 2.26. The molecule has 0 saturated heterocycles. The van der Waals surface area contributed by atoms with Crippen LogP contribution in [0, 0.1) is 0 Å². The molecule has 0 amide bonds. The molecule has 0 aliphatic rings. The minimum atomic E-state index is -0.867. The Balaban J connectivity index is 2.41. The number of nitrogens with zero attached hydrogens (tertiary/aromatic N) is 6. The van der Waals surface area contributed by atoms with Gasteiger partial charge in [0, 0.05) is 0 Å². The van der Waals surface area contributed by atoms with Crippen LogP contribution in [0.3, 0.4) is 0 Å². The van der Waals surface area contributed by atoms with E-state index in [1.54, 1.807) is 25.0 Å². The summed E-state index contributed by atoms with van der Waals surface area (Å²) in [6.07, 6.45) is 7.10. The van der Waals surface area contributed by atoms with Crippen LogP contribution < -0.4 is 0 Å². The van der Waals surface area contributed by atoms with Crippen molar-refractivity contribution in [1.82, 2.24) is 29.9 Å². The summed E-state index contributed by atoms with van der Waals surface area (Å²) < 4.78 is 0. The van der Waals surface area contributed by atoms with Crippen LogP contribution in [0.25, 0.3) is 0 Å². The number of Topliss-reactive ketones (excluding diaryl/α,β-unsaturated/α-hetero) is 2. The first-order valence-electron chi connectivity index (χ1n) is 6.29. The standard InChI is InChI=1S/C12H12N6O2S4/c1-21-9-13-7(14-10(17-9)22-2)5(19)6(20)8-15-11(23-3)18-12(16-8)24-4/h1-4H3. The van der Waals surface area contributed by atoms with Gasteiger partial charge in [-0.15, -0.1) is 0 Å². The average Bonchev–Trinajstić information content (AvgIpc) is 2.65. The van der Waals surface area contributed by atoms with Gasteiger partial charge in [0.15, 0.2) is 20.6 Å². The summed E-state index contributed by atoms with van der Waals surface area (Å²) in [6, 6.07) is 0. The van der Waals surface area contributed by atoms with Gasteiger partial charge < -0.3 is 0 Å². The van der Waals surface area contributed by atoms with Gasteiger partial charge in [0.1, 0.15) is 0 Å². The van der Waals surface area contributed by atoms with Crippen molar-refractivity contribution in [3.63, 3.8) is 0 Å². The number of hydrogen-bond acceptors (Lipinski definition) is 12. The molecule has 0 bridgehead atoms. The van der Waals surface area contributed by atoms with Gasteiger partial charge in [-0.05, 0) is 25.0 Å². The van der Waals surface area contributed by atoms with Crippen LogP contribution >= 0.6 is 47.0 Å². The van der Waals surface area contributed by atoms with Crippen LogP contribution in [-0.2, 0) is 0 Å². The number of rotatable bonds is 7. The molecule has 0 unspecified atom stereocenters. The molecule has 0 aromatic carbocycles. The highest BCUT2D eigenvalue weighted by atomic mass is 32.2. The molecule has 2 aromatic heterocycles. The number of thioether (sulfide) groups is 4. The van der Waals surface area contributed by atoms with Gasteiger partial charge in [-0.3, -0.25) is 9.59 Å². The summed E-state index contributed by atoms with van der Waals surface area (Å²) in [5, 5.41) is 1.48. The topological polar surface area (TPSA) is 111 Å². The molecule has 0 atom stereocenters. The van der Waals surface area contributed by atoms with Crippen molar-refractivity contribution in [2.75, 3.05) is 25.0 Å². The van der Waals surface area contributed by atoms with Gasteiger partial charge in [0.2, 0.25) is 11.6 Å². The van der Waals surface area contributed by atoms with Crippen LogP contribution in [0.2, 0.25) is 0 Å². The molecule has 0 aliphatic heterocycles. The molecule has 8 nitrogen and oxygen atoms in total. The molecule has 126 valence electrons. The molecule has 2 rings (SSSR count). The lowest BCUT2D eigenvalue weighted by Gasteiger charge is -2.04. The van der Waals surface area contributed by atoms with E-state index in [2.05, 4.69) is 29.9 Å². The Labute approximate surface area is 155 Å². The van der Waals surface area contributed by atoms with Gasteiger partial charge in [-0.2, -0.15) is 29.9 Å². The van der Waals surface area contributed by atoms with E-state index < -0.39 is 11.6 Å². The monoisotopic (exact) mass is 400 g/mol. The lowest BCUT2D eigenvalue weighted by molar-refractivity contribution is 0.0802. The van der Waals surface area contributed by atoms with E-state index in [0.717, 1.165) is 0 Å². The first-order chi connectivity index (χ1) is 11.5. The normalized spacial score (nSPS) is 10.7. The van der Waals surface area contributed by atoms with E-state index in [1.807, 2.05) is 0 Å². The maximum atomic E-state index is 12.4. The van der Waals surface area contributed by atoms with Crippen molar-refractivity contribution in [3.8, 4) is 0 Å². The van der Waals surface area contributed by atoms with Gasteiger partial charge in [-0.25, -0.2) is 0 Å². The lowest BCUT2D eigenvalue weighted by Crippen LogP contribution is -2.22. The molecule has 0 saturated carbocycles. The lowest BCUT2D eigenvalue weighted by atomic mass is 10.2. The molecule has 0 spiro atoms. The summed E-state index contributed by atoms with van der Waals surface area (Å²) in [5.41, 5.74) is 0. The van der Waals surface area contributed by atoms with E-state index in [9.17, 15) is 9.59 Å². The van der Waals surface area contributed by atoms with Crippen molar-refractivity contribution in [2.45, 2.75) is 20.6 Å².